The number of thioether (sulfide) groups is 1. The molecule has 1 N–H and O–H groups in total. The van der Waals surface area contributed by atoms with Crippen molar-refractivity contribution in [1.82, 2.24) is 14.8 Å². The number of anilines is 1. The minimum absolute atomic E-state index is 0.121. The Balaban J connectivity index is 1.65. The Morgan fingerprint density at radius 1 is 1.00 bits per heavy atom. The molecule has 168 valence electrons. The van der Waals surface area contributed by atoms with E-state index in [1.54, 1.807) is 7.11 Å². The number of nitrogens with zero attached hydrogens (tertiary/aromatic N) is 3. The Kier molecular flexibility index (Phi) is 6.69. The molecule has 3 aromatic carbocycles. The standard InChI is InChI=1S/C24H20F2N4O2S/c1-15-10-12-16(13-11-15)30-23(17-6-3-4-9-20(17)32-2)28-29-24(30)33-14-21(31)27-22-18(25)7-5-8-19(22)26/h3-13H,14H2,1-2H3,(H,27,31). The molecule has 1 heterocycles. The largest absolute Gasteiger partial charge is 0.496 e. The van der Waals surface area contributed by atoms with E-state index in [1.165, 1.54) is 6.07 Å². The summed E-state index contributed by atoms with van der Waals surface area (Å²) in [6.45, 7) is 1.99. The fraction of sp³-hybridized carbons (Fsp3) is 0.125. The minimum atomic E-state index is -0.838. The SMILES string of the molecule is COc1ccccc1-c1nnc(SCC(=O)Nc2c(F)cccc2F)n1-c1ccc(C)cc1. The summed E-state index contributed by atoms with van der Waals surface area (Å²) < 4.78 is 35.0. The molecule has 0 aliphatic carbocycles. The summed E-state index contributed by atoms with van der Waals surface area (Å²) in [6.07, 6.45) is 0. The lowest BCUT2D eigenvalue weighted by atomic mass is 10.1. The number of aromatic nitrogens is 3. The van der Waals surface area contributed by atoms with Crippen LogP contribution < -0.4 is 10.1 Å². The molecule has 0 saturated carbocycles. The fourth-order valence-electron chi connectivity index (χ4n) is 3.22. The Morgan fingerprint density at radius 2 is 1.70 bits per heavy atom. The highest BCUT2D eigenvalue weighted by molar-refractivity contribution is 7.99. The lowest BCUT2D eigenvalue weighted by molar-refractivity contribution is -0.113. The van der Waals surface area contributed by atoms with E-state index in [1.807, 2.05) is 60.0 Å². The first kappa shape index (κ1) is 22.5. The smallest absolute Gasteiger partial charge is 0.235 e. The van der Waals surface area contributed by atoms with Gasteiger partial charge in [0.05, 0.1) is 18.4 Å². The lowest BCUT2D eigenvalue weighted by Gasteiger charge is -2.13. The van der Waals surface area contributed by atoms with Crippen LogP contribution in [0.3, 0.4) is 0 Å². The molecule has 4 aromatic rings. The fourth-order valence-corrected chi connectivity index (χ4v) is 3.97. The Labute approximate surface area is 193 Å². The van der Waals surface area contributed by atoms with Gasteiger partial charge in [-0.2, -0.15) is 0 Å². The van der Waals surface area contributed by atoms with E-state index in [2.05, 4.69) is 15.5 Å². The van der Waals surface area contributed by atoms with Crippen LogP contribution in [0.15, 0.2) is 71.9 Å². The molecule has 33 heavy (non-hydrogen) atoms. The van der Waals surface area contributed by atoms with Crippen molar-refractivity contribution in [3.63, 3.8) is 0 Å². The van der Waals surface area contributed by atoms with E-state index in [9.17, 15) is 13.6 Å². The molecule has 0 radical (unpaired) electrons. The molecule has 0 aliphatic heterocycles. The van der Waals surface area contributed by atoms with Crippen LogP contribution in [-0.4, -0.2) is 33.5 Å². The number of ether oxygens (including phenoxy) is 1. The van der Waals surface area contributed by atoms with Gasteiger partial charge in [-0.1, -0.05) is 47.7 Å². The van der Waals surface area contributed by atoms with Crippen molar-refractivity contribution in [1.29, 1.82) is 0 Å². The molecule has 0 unspecified atom stereocenters. The first-order valence-corrected chi connectivity index (χ1v) is 11.0. The number of carbonyl (C=O) groups is 1. The third kappa shape index (κ3) is 4.88. The number of aryl methyl sites for hydroxylation is 1. The molecule has 0 bridgehead atoms. The third-order valence-electron chi connectivity index (χ3n) is 4.83. The van der Waals surface area contributed by atoms with Gasteiger partial charge in [-0.3, -0.25) is 9.36 Å². The number of carbonyl (C=O) groups excluding carboxylic acids is 1. The minimum Gasteiger partial charge on any atom is -0.496 e. The van der Waals surface area contributed by atoms with Crippen LogP contribution in [0.25, 0.3) is 17.1 Å². The first-order chi connectivity index (χ1) is 16.0. The van der Waals surface area contributed by atoms with Crippen LogP contribution >= 0.6 is 11.8 Å². The van der Waals surface area contributed by atoms with Gasteiger partial charge in [-0.25, -0.2) is 8.78 Å². The molecule has 6 nitrogen and oxygen atoms in total. The summed E-state index contributed by atoms with van der Waals surface area (Å²) in [5.74, 6) is -1.20. The molecule has 1 amide bonds. The molecule has 0 spiro atoms. The molecular weight excluding hydrogens is 446 g/mol. The number of hydrogen-bond donors (Lipinski definition) is 1. The number of nitrogens with one attached hydrogen (secondary N) is 1. The van der Waals surface area contributed by atoms with Gasteiger partial charge < -0.3 is 10.1 Å². The van der Waals surface area contributed by atoms with Crippen LogP contribution in [0.2, 0.25) is 0 Å². The lowest BCUT2D eigenvalue weighted by Crippen LogP contribution is -2.16. The number of amides is 1. The van der Waals surface area contributed by atoms with Gasteiger partial charge in [0, 0.05) is 5.69 Å². The van der Waals surface area contributed by atoms with Crippen LogP contribution in [0.1, 0.15) is 5.56 Å². The highest BCUT2D eigenvalue weighted by Gasteiger charge is 2.20. The summed E-state index contributed by atoms with van der Waals surface area (Å²) in [5.41, 5.74) is 2.15. The van der Waals surface area contributed by atoms with Crippen molar-refractivity contribution in [2.75, 3.05) is 18.2 Å². The number of halogens is 2. The van der Waals surface area contributed by atoms with Crippen molar-refractivity contribution < 1.29 is 18.3 Å². The maximum atomic E-state index is 13.9. The van der Waals surface area contributed by atoms with Crippen LogP contribution in [0, 0.1) is 18.6 Å². The zero-order valence-corrected chi connectivity index (χ0v) is 18.7. The quantitative estimate of drug-likeness (QED) is 0.376. The molecule has 0 atom stereocenters. The Hall–Kier alpha value is -3.72. The summed E-state index contributed by atoms with van der Waals surface area (Å²) in [6, 6.07) is 18.6. The summed E-state index contributed by atoms with van der Waals surface area (Å²) >= 11 is 1.11. The topological polar surface area (TPSA) is 69.0 Å². The molecule has 0 aliphatic rings. The van der Waals surface area contributed by atoms with E-state index in [0.717, 1.165) is 40.7 Å². The second-order valence-electron chi connectivity index (χ2n) is 7.11. The average Bonchev–Trinajstić information content (AvgIpc) is 3.24. The number of rotatable bonds is 7. The van der Waals surface area contributed by atoms with Gasteiger partial charge >= 0.3 is 0 Å². The monoisotopic (exact) mass is 466 g/mol. The predicted molar refractivity (Wildman–Crippen MR) is 124 cm³/mol. The molecular formula is C24H20F2N4O2S. The van der Waals surface area contributed by atoms with Crippen molar-refractivity contribution in [2.45, 2.75) is 12.1 Å². The molecule has 1 aromatic heterocycles. The third-order valence-corrected chi connectivity index (χ3v) is 5.76. The van der Waals surface area contributed by atoms with Crippen LogP contribution in [0.5, 0.6) is 5.75 Å². The second kappa shape index (κ2) is 9.83. The molecule has 0 saturated heterocycles. The van der Waals surface area contributed by atoms with E-state index in [-0.39, 0.29) is 5.75 Å². The van der Waals surface area contributed by atoms with E-state index >= 15 is 0 Å². The molecule has 0 fully saturated rings. The zero-order valence-electron chi connectivity index (χ0n) is 17.9. The molecule has 4 rings (SSSR count). The average molecular weight is 467 g/mol. The predicted octanol–water partition coefficient (Wildman–Crippen LogP) is 5.26. The van der Waals surface area contributed by atoms with Crippen molar-refractivity contribution >= 4 is 23.4 Å². The number of benzene rings is 3. The summed E-state index contributed by atoms with van der Waals surface area (Å²) in [4.78, 5) is 12.4. The van der Waals surface area contributed by atoms with Gasteiger partial charge in [-0.05, 0) is 43.3 Å². The Bertz CT molecular complexity index is 1270. The second-order valence-corrected chi connectivity index (χ2v) is 8.05. The maximum absolute atomic E-state index is 13.9. The van der Waals surface area contributed by atoms with E-state index < -0.39 is 23.2 Å². The van der Waals surface area contributed by atoms with Crippen LogP contribution in [-0.2, 0) is 4.79 Å². The van der Waals surface area contributed by atoms with Crippen LogP contribution in [0.4, 0.5) is 14.5 Å². The highest BCUT2D eigenvalue weighted by atomic mass is 32.2. The zero-order chi connectivity index (χ0) is 23.4. The number of methoxy groups -OCH3 is 1. The van der Waals surface area contributed by atoms with Gasteiger partial charge in [0.1, 0.15) is 23.1 Å². The van der Waals surface area contributed by atoms with E-state index in [4.69, 9.17) is 4.74 Å². The van der Waals surface area contributed by atoms with Gasteiger partial charge in [0.15, 0.2) is 11.0 Å². The van der Waals surface area contributed by atoms with Crippen molar-refractivity contribution in [3.05, 3.63) is 83.9 Å². The number of hydrogen-bond acceptors (Lipinski definition) is 5. The first-order valence-electron chi connectivity index (χ1n) is 10.0. The van der Waals surface area contributed by atoms with E-state index in [0.29, 0.717) is 16.7 Å². The van der Waals surface area contributed by atoms with Gasteiger partial charge in [-0.15, -0.1) is 10.2 Å². The Morgan fingerprint density at radius 3 is 2.39 bits per heavy atom. The number of para-hydroxylation sites is 2. The van der Waals surface area contributed by atoms with Gasteiger partial charge in [0.25, 0.3) is 0 Å². The summed E-state index contributed by atoms with van der Waals surface area (Å²) in [5, 5.41) is 11.4. The summed E-state index contributed by atoms with van der Waals surface area (Å²) in [7, 11) is 1.58. The van der Waals surface area contributed by atoms with Crippen molar-refractivity contribution in [2.24, 2.45) is 0 Å². The van der Waals surface area contributed by atoms with Crippen molar-refractivity contribution in [3.8, 4) is 22.8 Å². The highest BCUT2D eigenvalue weighted by Crippen LogP contribution is 2.33. The van der Waals surface area contributed by atoms with Gasteiger partial charge in [0.2, 0.25) is 5.91 Å². The maximum Gasteiger partial charge on any atom is 0.235 e. The normalized spacial score (nSPS) is 10.8. The molecule has 9 heteroatoms.